The van der Waals surface area contributed by atoms with Gasteiger partial charge in [-0.1, -0.05) is 13.0 Å². The van der Waals surface area contributed by atoms with Crippen LogP contribution in [0.4, 0.5) is 4.39 Å². The zero-order valence-electron chi connectivity index (χ0n) is 13.0. The lowest BCUT2D eigenvalue weighted by Crippen LogP contribution is -2.26. The number of aromatic nitrogens is 2. The summed E-state index contributed by atoms with van der Waals surface area (Å²) in [4.78, 5) is 0. The second-order valence-corrected chi connectivity index (χ2v) is 4.91. The SMILES string of the molecule is CCNC(c1ccc(F)cc1C)c1c(OC)cnn1CC. The van der Waals surface area contributed by atoms with E-state index in [0.717, 1.165) is 35.7 Å². The average Bonchev–Trinajstić information content (AvgIpc) is 2.88. The van der Waals surface area contributed by atoms with E-state index in [1.54, 1.807) is 19.4 Å². The number of nitrogens with zero attached hydrogens (tertiary/aromatic N) is 2. The molecular weight excluding hydrogens is 269 g/mol. The average molecular weight is 291 g/mol. The van der Waals surface area contributed by atoms with Gasteiger partial charge in [0, 0.05) is 6.54 Å². The molecule has 2 aromatic rings. The molecule has 0 spiro atoms. The zero-order valence-corrected chi connectivity index (χ0v) is 13.0. The van der Waals surface area contributed by atoms with Crippen molar-refractivity contribution >= 4 is 0 Å². The predicted molar refractivity (Wildman–Crippen MR) is 81.1 cm³/mol. The van der Waals surface area contributed by atoms with Crippen molar-refractivity contribution in [1.29, 1.82) is 0 Å². The third-order valence-corrected chi connectivity index (χ3v) is 3.59. The van der Waals surface area contributed by atoms with Gasteiger partial charge in [0.25, 0.3) is 0 Å². The van der Waals surface area contributed by atoms with Crippen LogP contribution in [0.3, 0.4) is 0 Å². The Kier molecular flexibility index (Phi) is 4.96. The molecule has 1 N–H and O–H groups in total. The molecule has 0 saturated heterocycles. The fraction of sp³-hybridized carbons (Fsp3) is 0.438. The Balaban J connectivity index is 2.55. The van der Waals surface area contributed by atoms with Crippen LogP contribution in [-0.2, 0) is 6.54 Å². The molecule has 114 valence electrons. The van der Waals surface area contributed by atoms with Gasteiger partial charge >= 0.3 is 0 Å². The smallest absolute Gasteiger partial charge is 0.161 e. The maximum absolute atomic E-state index is 13.4. The summed E-state index contributed by atoms with van der Waals surface area (Å²) in [5.74, 6) is 0.522. The Hall–Kier alpha value is -1.88. The molecule has 1 aromatic carbocycles. The molecule has 1 unspecified atom stereocenters. The van der Waals surface area contributed by atoms with Crippen LogP contribution in [0.2, 0.25) is 0 Å². The lowest BCUT2D eigenvalue weighted by Gasteiger charge is -2.22. The number of halogens is 1. The van der Waals surface area contributed by atoms with E-state index in [-0.39, 0.29) is 11.9 Å². The van der Waals surface area contributed by atoms with Gasteiger partial charge in [-0.05, 0) is 43.7 Å². The number of aryl methyl sites for hydroxylation is 2. The number of nitrogens with one attached hydrogen (secondary N) is 1. The minimum atomic E-state index is -0.220. The van der Waals surface area contributed by atoms with Crippen molar-refractivity contribution < 1.29 is 9.13 Å². The van der Waals surface area contributed by atoms with Crippen molar-refractivity contribution in [3.63, 3.8) is 0 Å². The topological polar surface area (TPSA) is 39.1 Å². The van der Waals surface area contributed by atoms with Crippen LogP contribution < -0.4 is 10.1 Å². The van der Waals surface area contributed by atoms with Gasteiger partial charge in [0.05, 0.1) is 19.3 Å². The molecule has 0 aliphatic rings. The van der Waals surface area contributed by atoms with E-state index in [2.05, 4.69) is 10.4 Å². The molecule has 4 nitrogen and oxygen atoms in total. The van der Waals surface area contributed by atoms with Crippen molar-refractivity contribution in [3.05, 3.63) is 47.0 Å². The third-order valence-electron chi connectivity index (χ3n) is 3.59. The van der Waals surface area contributed by atoms with E-state index in [9.17, 15) is 4.39 Å². The molecule has 1 aromatic heterocycles. The van der Waals surface area contributed by atoms with Crippen molar-refractivity contribution in [3.8, 4) is 5.75 Å². The number of hydrogen-bond acceptors (Lipinski definition) is 3. The van der Waals surface area contributed by atoms with Gasteiger partial charge < -0.3 is 10.1 Å². The zero-order chi connectivity index (χ0) is 15.4. The van der Waals surface area contributed by atoms with Crippen LogP contribution in [0, 0.1) is 12.7 Å². The molecule has 2 rings (SSSR count). The second kappa shape index (κ2) is 6.72. The highest BCUT2D eigenvalue weighted by Crippen LogP contribution is 2.31. The minimum Gasteiger partial charge on any atom is -0.493 e. The van der Waals surface area contributed by atoms with Crippen LogP contribution in [-0.4, -0.2) is 23.4 Å². The first-order valence-corrected chi connectivity index (χ1v) is 7.21. The van der Waals surface area contributed by atoms with Gasteiger partial charge in [-0.15, -0.1) is 0 Å². The lowest BCUT2D eigenvalue weighted by atomic mass is 9.98. The number of methoxy groups -OCH3 is 1. The van der Waals surface area contributed by atoms with Crippen LogP contribution in [0.5, 0.6) is 5.75 Å². The van der Waals surface area contributed by atoms with E-state index in [1.807, 2.05) is 31.5 Å². The maximum atomic E-state index is 13.4. The quantitative estimate of drug-likeness (QED) is 0.889. The van der Waals surface area contributed by atoms with E-state index in [0.29, 0.717) is 0 Å². The summed E-state index contributed by atoms with van der Waals surface area (Å²) in [6.45, 7) is 7.55. The van der Waals surface area contributed by atoms with Crippen LogP contribution >= 0.6 is 0 Å². The highest BCUT2D eigenvalue weighted by molar-refractivity contribution is 5.40. The lowest BCUT2D eigenvalue weighted by molar-refractivity contribution is 0.399. The van der Waals surface area contributed by atoms with Gasteiger partial charge in [-0.2, -0.15) is 5.10 Å². The first-order valence-electron chi connectivity index (χ1n) is 7.21. The molecule has 0 aliphatic carbocycles. The second-order valence-electron chi connectivity index (χ2n) is 4.91. The first kappa shape index (κ1) is 15.5. The third kappa shape index (κ3) is 3.08. The molecular formula is C16H22FN3O. The molecule has 5 heteroatoms. The molecule has 0 fully saturated rings. The van der Waals surface area contributed by atoms with E-state index < -0.39 is 0 Å². The van der Waals surface area contributed by atoms with Crippen LogP contribution in [0.15, 0.2) is 24.4 Å². The maximum Gasteiger partial charge on any atom is 0.161 e. The summed E-state index contributed by atoms with van der Waals surface area (Å²) < 4.78 is 20.7. The molecule has 21 heavy (non-hydrogen) atoms. The summed E-state index contributed by atoms with van der Waals surface area (Å²) in [6, 6.07) is 4.79. The molecule has 0 amide bonds. The summed E-state index contributed by atoms with van der Waals surface area (Å²) >= 11 is 0. The number of ether oxygens (including phenoxy) is 1. The van der Waals surface area contributed by atoms with E-state index in [1.165, 1.54) is 6.07 Å². The molecule has 0 saturated carbocycles. The first-order chi connectivity index (χ1) is 10.1. The highest BCUT2D eigenvalue weighted by Gasteiger charge is 2.24. The number of benzene rings is 1. The summed E-state index contributed by atoms with van der Waals surface area (Å²) in [7, 11) is 1.64. The largest absolute Gasteiger partial charge is 0.493 e. The van der Waals surface area contributed by atoms with Crippen molar-refractivity contribution in [2.45, 2.75) is 33.4 Å². The van der Waals surface area contributed by atoms with Crippen molar-refractivity contribution in [2.24, 2.45) is 0 Å². The van der Waals surface area contributed by atoms with Gasteiger partial charge in [-0.3, -0.25) is 4.68 Å². The fourth-order valence-electron chi connectivity index (χ4n) is 2.60. The normalized spacial score (nSPS) is 12.4. The van der Waals surface area contributed by atoms with E-state index in [4.69, 9.17) is 4.74 Å². The Morgan fingerprint density at radius 1 is 1.38 bits per heavy atom. The van der Waals surface area contributed by atoms with Crippen molar-refractivity contribution in [1.82, 2.24) is 15.1 Å². The van der Waals surface area contributed by atoms with Gasteiger partial charge in [0.15, 0.2) is 5.75 Å². The molecule has 1 heterocycles. The molecule has 0 aliphatic heterocycles. The Morgan fingerprint density at radius 3 is 2.71 bits per heavy atom. The number of hydrogen-bond donors (Lipinski definition) is 1. The fourth-order valence-corrected chi connectivity index (χ4v) is 2.60. The van der Waals surface area contributed by atoms with Crippen LogP contribution in [0.25, 0.3) is 0 Å². The minimum absolute atomic E-state index is 0.0759. The highest BCUT2D eigenvalue weighted by atomic mass is 19.1. The Morgan fingerprint density at radius 2 is 2.14 bits per heavy atom. The van der Waals surface area contributed by atoms with Crippen molar-refractivity contribution in [2.75, 3.05) is 13.7 Å². The molecule has 0 bridgehead atoms. The molecule has 0 radical (unpaired) electrons. The Labute approximate surface area is 124 Å². The number of rotatable bonds is 6. The summed E-state index contributed by atoms with van der Waals surface area (Å²) in [6.07, 6.45) is 1.72. The molecule has 1 atom stereocenters. The Bertz CT molecular complexity index is 588. The summed E-state index contributed by atoms with van der Waals surface area (Å²) in [5, 5.41) is 7.81. The van der Waals surface area contributed by atoms with Gasteiger partial charge in [0.1, 0.15) is 11.5 Å². The standard InChI is InChI=1S/C16H22FN3O/c1-5-18-15(13-8-7-12(17)9-11(13)3)16-14(21-4)10-19-20(16)6-2/h7-10,15,18H,5-6H2,1-4H3. The predicted octanol–water partition coefficient (Wildman–Crippen LogP) is 3.06. The van der Waals surface area contributed by atoms with E-state index >= 15 is 0 Å². The van der Waals surface area contributed by atoms with Crippen LogP contribution in [0.1, 0.15) is 36.7 Å². The van der Waals surface area contributed by atoms with Gasteiger partial charge in [-0.25, -0.2) is 4.39 Å². The monoisotopic (exact) mass is 291 g/mol. The summed E-state index contributed by atoms with van der Waals surface area (Å²) in [5.41, 5.74) is 2.91. The van der Waals surface area contributed by atoms with Gasteiger partial charge in [0.2, 0.25) is 0 Å².